The van der Waals surface area contributed by atoms with Gasteiger partial charge in [0.25, 0.3) is 11.8 Å². The minimum absolute atomic E-state index is 0.0776. The maximum Gasteiger partial charge on any atom is 0.392 e. The van der Waals surface area contributed by atoms with Crippen molar-refractivity contribution < 1.29 is 27.5 Å². The van der Waals surface area contributed by atoms with E-state index in [0.29, 0.717) is 23.5 Å². The lowest BCUT2D eigenvalue weighted by Crippen LogP contribution is -2.47. The molecule has 2 aromatic carbocycles. The number of methoxy groups -OCH3 is 1. The van der Waals surface area contributed by atoms with Gasteiger partial charge in [-0.25, -0.2) is 0 Å². The highest BCUT2D eigenvalue weighted by Gasteiger charge is 2.56. The summed E-state index contributed by atoms with van der Waals surface area (Å²) in [5, 5.41) is 16.2. The second kappa shape index (κ2) is 8.96. The second-order valence-electron chi connectivity index (χ2n) is 9.18. The van der Waals surface area contributed by atoms with Crippen molar-refractivity contribution in [3.63, 3.8) is 0 Å². The highest BCUT2D eigenvalue weighted by Crippen LogP contribution is 2.56. The summed E-state index contributed by atoms with van der Waals surface area (Å²) in [6.45, 7) is 2.20. The maximum absolute atomic E-state index is 13.5. The van der Waals surface area contributed by atoms with Crippen molar-refractivity contribution in [2.75, 3.05) is 17.3 Å². The van der Waals surface area contributed by atoms with E-state index in [0.717, 1.165) is 0 Å². The van der Waals surface area contributed by atoms with E-state index in [9.17, 15) is 28.0 Å². The molecule has 1 N–H and O–H groups in total. The summed E-state index contributed by atoms with van der Waals surface area (Å²) < 4.78 is 45.5. The van der Waals surface area contributed by atoms with Gasteiger partial charge in [0.1, 0.15) is 17.5 Å². The fourth-order valence-electron chi connectivity index (χ4n) is 4.80. The van der Waals surface area contributed by atoms with Gasteiger partial charge in [-0.05, 0) is 55.2 Å². The molecular weight excluding hydrogens is 487 g/mol. The number of carbonyl (C=O) groups is 2. The van der Waals surface area contributed by atoms with Gasteiger partial charge < -0.3 is 15.0 Å². The van der Waals surface area contributed by atoms with Crippen LogP contribution in [0.25, 0.3) is 0 Å². The average molecular weight is 509 g/mol. The number of carbonyl (C=O) groups excluding carboxylic acids is 2. The van der Waals surface area contributed by atoms with Crippen molar-refractivity contribution in [2.24, 2.45) is 5.92 Å². The number of hydrogen-bond acceptors (Lipinski definition) is 5. The van der Waals surface area contributed by atoms with Crippen molar-refractivity contribution in [1.29, 1.82) is 5.26 Å². The van der Waals surface area contributed by atoms with Crippen LogP contribution >= 0.6 is 0 Å². The third-order valence-corrected chi connectivity index (χ3v) is 6.78. The van der Waals surface area contributed by atoms with E-state index in [1.54, 1.807) is 29.2 Å². The molecule has 1 fully saturated rings. The molecular formula is C26H22F3N5O3. The summed E-state index contributed by atoms with van der Waals surface area (Å²) in [5.74, 6) is -2.45. The van der Waals surface area contributed by atoms with Gasteiger partial charge in [0, 0.05) is 11.3 Å². The Morgan fingerprint density at radius 2 is 1.95 bits per heavy atom. The molecule has 0 bridgehead atoms. The summed E-state index contributed by atoms with van der Waals surface area (Å²) in [4.78, 5) is 28.0. The number of nitriles is 1. The van der Waals surface area contributed by atoms with Gasteiger partial charge in [-0.2, -0.15) is 23.5 Å². The monoisotopic (exact) mass is 509 g/mol. The number of nitrogens with one attached hydrogen (secondary N) is 1. The van der Waals surface area contributed by atoms with E-state index in [-0.39, 0.29) is 35.0 Å². The first-order chi connectivity index (χ1) is 17.6. The van der Waals surface area contributed by atoms with Crippen LogP contribution in [0.1, 0.15) is 51.2 Å². The van der Waals surface area contributed by atoms with Crippen LogP contribution in [-0.4, -0.2) is 40.9 Å². The summed E-state index contributed by atoms with van der Waals surface area (Å²) in [7, 11) is 1.42. The van der Waals surface area contributed by atoms with Crippen LogP contribution in [0.3, 0.4) is 0 Å². The molecule has 0 saturated heterocycles. The van der Waals surface area contributed by atoms with Crippen LogP contribution in [0.5, 0.6) is 5.75 Å². The van der Waals surface area contributed by atoms with Crippen molar-refractivity contribution in [2.45, 2.75) is 38.0 Å². The first-order valence-corrected chi connectivity index (χ1v) is 11.6. The minimum Gasteiger partial charge on any atom is -0.495 e. The molecule has 1 aliphatic heterocycles. The molecule has 11 heteroatoms. The number of hydrogen-bond donors (Lipinski definition) is 1. The SMILES string of the molecule is COc1ccc(C(=O)Nc2cnn3c2C(=O)N(c2ccc([C@@H]4C[C@H]4C(F)(F)F)cc2)C(C)C3)cc1C#N. The lowest BCUT2D eigenvalue weighted by Gasteiger charge is -2.34. The van der Waals surface area contributed by atoms with E-state index in [4.69, 9.17) is 4.74 Å². The number of amides is 2. The zero-order chi connectivity index (χ0) is 26.5. The molecule has 0 spiro atoms. The van der Waals surface area contributed by atoms with Crippen LogP contribution in [-0.2, 0) is 6.54 Å². The quantitative estimate of drug-likeness (QED) is 0.536. The lowest BCUT2D eigenvalue weighted by molar-refractivity contribution is -0.148. The Hall–Kier alpha value is -4.33. The number of anilines is 2. The Kier molecular flexibility index (Phi) is 5.90. The predicted molar refractivity (Wildman–Crippen MR) is 128 cm³/mol. The molecule has 37 heavy (non-hydrogen) atoms. The topological polar surface area (TPSA) is 100 Å². The van der Waals surface area contributed by atoms with Crippen LogP contribution in [0, 0.1) is 17.2 Å². The van der Waals surface area contributed by atoms with E-state index < -0.39 is 29.8 Å². The standard InChI is InChI=1S/C26H22F3N5O3/c1-14-13-33-23(21(12-31-33)32-24(35)16-5-8-22(37-2)17(9-16)11-30)25(36)34(14)18-6-3-15(4-7-18)19-10-20(19)26(27,28)29/h3-9,12,14,19-20H,10,13H2,1-2H3,(H,32,35)/t14?,19-,20+/m0/s1. The van der Waals surface area contributed by atoms with E-state index in [1.165, 1.54) is 36.2 Å². The molecule has 3 atom stereocenters. The second-order valence-corrected chi connectivity index (χ2v) is 9.18. The summed E-state index contributed by atoms with van der Waals surface area (Å²) in [6, 6.07) is 12.7. The number of halogens is 3. The molecule has 5 rings (SSSR count). The molecule has 1 unspecified atom stereocenters. The van der Waals surface area contributed by atoms with Crippen molar-refractivity contribution in [3.05, 3.63) is 71.0 Å². The summed E-state index contributed by atoms with van der Waals surface area (Å²) in [5.41, 5.74) is 1.94. The maximum atomic E-state index is 13.5. The van der Waals surface area contributed by atoms with Gasteiger partial charge in [-0.15, -0.1) is 0 Å². The van der Waals surface area contributed by atoms with Crippen LogP contribution in [0.2, 0.25) is 0 Å². The van der Waals surface area contributed by atoms with Gasteiger partial charge in [-0.3, -0.25) is 14.3 Å². The molecule has 190 valence electrons. The van der Waals surface area contributed by atoms with Crippen LogP contribution in [0.15, 0.2) is 48.7 Å². The fourth-order valence-corrected chi connectivity index (χ4v) is 4.80. The van der Waals surface area contributed by atoms with Crippen molar-refractivity contribution in [1.82, 2.24) is 9.78 Å². The molecule has 3 aromatic rings. The molecule has 1 aliphatic carbocycles. The summed E-state index contributed by atoms with van der Waals surface area (Å²) >= 11 is 0. The third-order valence-electron chi connectivity index (χ3n) is 6.78. The zero-order valence-electron chi connectivity index (χ0n) is 19.9. The zero-order valence-corrected chi connectivity index (χ0v) is 19.9. The minimum atomic E-state index is -4.21. The smallest absolute Gasteiger partial charge is 0.392 e. The highest BCUT2D eigenvalue weighted by atomic mass is 19.4. The Labute approximate surface area is 210 Å². The van der Waals surface area contributed by atoms with Crippen molar-refractivity contribution in [3.8, 4) is 11.8 Å². The largest absolute Gasteiger partial charge is 0.495 e. The first-order valence-electron chi connectivity index (χ1n) is 11.6. The fraction of sp³-hybridized carbons (Fsp3) is 0.308. The van der Waals surface area contributed by atoms with Crippen LogP contribution < -0.4 is 15.0 Å². The molecule has 2 aliphatic rings. The molecule has 2 heterocycles. The molecule has 0 radical (unpaired) electrons. The van der Waals surface area contributed by atoms with Gasteiger partial charge in [0.15, 0.2) is 0 Å². The summed E-state index contributed by atoms with van der Waals surface area (Å²) in [6.07, 6.45) is -2.74. The molecule has 8 nitrogen and oxygen atoms in total. The number of nitrogens with zero attached hydrogens (tertiary/aromatic N) is 4. The predicted octanol–water partition coefficient (Wildman–Crippen LogP) is 4.73. The van der Waals surface area contributed by atoms with Gasteiger partial charge in [0.05, 0.1) is 43.1 Å². The number of alkyl halides is 3. The van der Waals surface area contributed by atoms with E-state index in [1.807, 2.05) is 13.0 Å². The van der Waals surface area contributed by atoms with Gasteiger partial charge in [0.2, 0.25) is 0 Å². The number of ether oxygens (including phenoxy) is 1. The Balaban J connectivity index is 1.37. The highest BCUT2D eigenvalue weighted by molar-refractivity contribution is 6.13. The van der Waals surface area contributed by atoms with Crippen LogP contribution in [0.4, 0.5) is 24.5 Å². The molecule has 2 amide bonds. The Morgan fingerprint density at radius 1 is 1.22 bits per heavy atom. The number of aromatic nitrogens is 2. The van der Waals surface area contributed by atoms with E-state index >= 15 is 0 Å². The normalized spacial score (nSPS) is 20.7. The Morgan fingerprint density at radius 3 is 2.57 bits per heavy atom. The molecule has 1 aromatic heterocycles. The van der Waals surface area contributed by atoms with E-state index in [2.05, 4.69) is 10.4 Å². The number of fused-ring (bicyclic) bond motifs is 1. The lowest BCUT2D eigenvalue weighted by atomic mass is 10.1. The average Bonchev–Trinajstić information content (AvgIpc) is 3.60. The Bertz CT molecular complexity index is 1420. The third kappa shape index (κ3) is 4.39. The van der Waals surface area contributed by atoms with Gasteiger partial charge in [-0.1, -0.05) is 12.1 Å². The number of benzene rings is 2. The van der Waals surface area contributed by atoms with Gasteiger partial charge >= 0.3 is 6.18 Å². The van der Waals surface area contributed by atoms with Crippen molar-refractivity contribution >= 4 is 23.2 Å². The molecule has 1 saturated carbocycles. The first kappa shape index (κ1) is 24.4. The number of rotatable bonds is 5.